The molecule has 0 bridgehead atoms. The Kier molecular flexibility index (Phi) is 8.31. The van der Waals surface area contributed by atoms with Crippen LogP contribution >= 0.6 is 0 Å². The zero-order valence-corrected chi connectivity index (χ0v) is 15.7. The third kappa shape index (κ3) is 6.61. The fourth-order valence-corrected chi connectivity index (χ4v) is 3.56. The van der Waals surface area contributed by atoms with E-state index in [0.717, 1.165) is 23.4 Å². The first-order valence-electron chi connectivity index (χ1n) is 8.72. The predicted molar refractivity (Wildman–Crippen MR) is 103 cm³/mol. The number of rotatable bonds is 11. The first-order chi connectivity index (χ1) is 12.6. The van der Waals surface area contributed by atoms with Gasteiger partial charge in [-0.2, -0.15) is 0 Å². The number of carboxylic acid groups (broad SMARTS) is 1. The van der Waals surface area contributed by atoms with Gasteiger partial charge in [0.1, 0.15) is 5.75 Å². The van der Waals surface area contributed by atoms with Crippen LogP contribution in [-0.4, -0.2) is 33.7 Å². The quantitative estimate of drug-likeness (QED) is 0.590. The first kappa shape index (κ1) is 20.1. The van der Waals surface area contributed by atoms with Crippen LogP contribution in [0.1, 0.15) is 25.3 Å². The van der Waals surface area contributed by atoms with E-state index in [2.05, 4.69) is 5.32 Å². The number of hydrogen-bond acceptors (Lipinski definition) is 4. The zero-order chi connectivity index (χ0) is 18.8. The van der Waals surface area contributed by atoms with Gasteiger partial charge in [0.2, 0.25) is 0 Å². The lowest BCUT2D eigenvalue weighted by atomic mass is 10.2. The lowest BCUT2D eigenvalue weighted by Gasteiger charge is -2.14. The second-order valence-electron chi connectivity index (χ2n) is 5.89. The van der Waals surface area contributed by atoms with Gasteiger partial charge in [0.15, 0.2) is 6.10 Å². The Bertz CT molecular complexity index is 721. The van der Waals surface area contributed by atoms with Crippen LogP contribution in [-0.2, 0) is 22.1 Å². The van der Waals surface area contributed by atoms with Gasteiger partial charge in [-0.25, -0.2) is 4.79 Å². The lowest BCUT2D eigenvalue weighted by molar-refractivity contribution is -0.145. The van der Waals surface area contributed by atoms with Crippen LogP contribution in [0, 0.1) is 0 Å². The van der Waals surface area contributed by atoms with E-state index < -0.39 is 22.9 Å². The van der Waals surface area contributed by atoms with Crippen molar-refractivity contribution < 1.29 is 18.8 Å². The second kappa shape index (κ2) is 10.7. The van der Waals surface area contributed by atoms with Gasteiger partial charge in [-0.05, 0) is 49.2 Å². The molecule has 2 N–H and O–H groups in total. The fourth-order valence-electron chi connectivity index (χ4n) is 2.45. The molecular formula is C20H25NO4S. The summed E-state index contributed by atoms with van der Waals surface area (Å²) in [7, 11) is -0.963. The summed E-state index contributed by atoms with van der Waals surface area (Å²) in [5.74, 6) is 0.225. The molecule has 0 amide bonds. The third-order valence-corrected chi connectivity index (χ3v) is 5.30. The number of aliphatic carboxylic acids is 1. The average Bonchev–Trinajstić information content (AvgIpc) is 2.66. The molecule has 2 aromatic carbocycles. The van der Waals surface area contributed by atoms with Crippen LogP contribution in [0.15, 0.2) is 59.5 Å². The Balaban J connectivity index is 1.73. The van der Waals surface area contributed by atoms with E-state index in [1.165, 1.54) is 0 Å². The van der Waals surface area contributed by atoms with Gasteiger partial charge in [-0.15, -0.1) is 0 Å². The fraction of sp³-hybridized carbons (Fsp3) is 0.350. The molecule has 0 spiro atoms. The van der Waals surface area contributed by atoms with Crippen LogP contribution in [0.3, 0.4) is 0 Å². The van der Waals surface area contributed by atoms with Crippen molar-refractivity contribution in [3.8, 4) is 5.75 Å². The van der Waals surface area contributed by atoms with Gasteiger partial charge >= 0.3 is 5.97 Å². The number of nitrogens with one attached hydrogen (secondary N) is 1. The van der Waals surface area contributed by atoms with E-state index in [0.29, 0.717) is 24.5 Å². The largest absolute Gasteiger partial charge is 0.479 e. The molecule has 0 radical (unpaired) electrons. The summed E-state index contributed by atoms with van der Waals surface area (Å²) in [6.07, 6.45) is 0.400. The van der Waals surface area contributed by atoms with Crippen molar-refractivity contribution in [1.82, 2.24) is 5.32 Å². The van der Waals surface area contributed by atoms with E-state index in [1.807, 2.05) is 48.5 Å². The molecule has 0 aliphatic rings. The lowest BCUT2D eigenvalue weighted by Crippen LogP contribution is -2.26. The van der Waals surface area contributed by atoms with Crippen LogP contribution in [0.5, 0.6) is 5.75 Å². The SMILES string of the molecule is CCC(Oc1cccc(CNCCCS(=O)c2ccccc2)c1)C(=O)O. The third-order valence-electron chi connectivity index (χ3n) is 3.84. The highest BCUT2D eigenvalue weighted by Crippen LogP contribution is 2.16. The summed E-state index contributed by atoms with van der Waals surface area (Å²) in [5.41, 5.74) is 1.02. The number of hydrogen-bond donors (Lipinski definition) is 2. The summed E-state index contributed by atoms with van der Waals surface area (Å²) in [6, 6.07) is 16.9. The Hall–Kier alpha value is -2.18. The zero-order valence-electron chi connectivity index (χ0n) is 14.9. The smallest absolute Gasteiger partial charge is 0.344 e. The van der Waals surface area contributed by atoms with Crippen LogP contribution < -0.4 is 10.1 Å². The van der Waals surface area contributed by atoms with Gasteiger partial charge < -0.3 is 15.2 Å². The number of benzene rings is 2. The maximum Gasteiger partial charge on any atom is 0.344 e. The molecule has 6 heteroatoms. The normalized spacial score (nSPS) is 13.1. The Morgan fingerprint density at radius 2 is 1.96 bits per heavy atom. The van der Waals surface area contributed by atoms with E-state index in [-0.39, 0.29) is 0 Å². The molecule has 0 saturated heterocycles. The average molecular weight is 375 g/mol. The summed E-state index contributed by atoms with van der Waals surface area (Å²) in [5, 5.41) is 12.4. The summed E-state index contributed by atoms with van der Waals surface area (Å²) in [4.78, 5) is 11.9. The molecule has 140 valence electrons. The van der Waals surface area contributed by atoms with Crippen molar-refractivity contribution in [2.45, 2.75) is 37.3 Å². The van der Waals surface area contributed by atoms with Crippen molar-refractivity contribution in [3.05, 3.63) is 60.2 Å². The first-order valence-corrected chi connectivity index (χ1v) is 10.0. The standard InChI is InChI=1S/C20H25NO4S/c1-2-19(20(22)23)25-17-9-6-8-16(14-17)15-21-12-7-13-26(24)18-10-4-3-5-11-18/h3-6,8-11,14,19,21H,2,7,12-13,15H2,1H3,(H,22,23). The van der Waals surface area contributed by atoms with Gasteiger partial charge in [-0.1, -0.05) is 37.3 Å². The van der Waals surface area contributed by atoms with Crippen LogP contribution in [0.4, 0.5) is 0 Å². The predicted octanol–water partition coefficient (Wildman–Crippen LogP) is 3.22. The molecule has 0 heterocycles. The van der Waals surface area contributed by atoms with Gasteiger partial charge in [0, 0.05) is 17.2 Å². The summed E-state index contributed by atoms with van der Waals surface area (Å²) in [6.45, 7) is 3.19. The second-order valence-corrected chi connectivity index (χ2v) is 7.46. The molecule has 0 aliphatic heterocycles. The molecular weight excluding hydrogens is 350 g/mol. The Morgan fingerprint density at radius 1 is 1.19 bits per heavy atom. The monoisotopic (exact) mass is 375 g/mol. The number of carbonyl (C=O) groups is 1. The van der Waals surface area contributed by atoms with Gasteiger partial charge in [0.05, 0.1) is 10.8 Å². The van der Waals surface area contributed by atoms with E-state index >= 15 is 0 Å². The van der Waals surface area contributed by atoms with Gasteiger partial charge in [0.25, 0.3) is 0 Å². The van der Waals surface area contributed by atoms with Crippen molar-refractivity contribution in [1.29, 1.82) is 0 Å². The topological polar surface area (TPSA) is 75.6 Å². The van der Waals surface area contributed by atoms with E-state index in [1.54, 1.807) is 13.0 Å². The highest BCUT2D eigenvalue weighted by Gasteiger charge is 2.16. The van der Waals surface area contributed by atoms with E-state index in [4.69, 9.17) is 9.84 Å². The van der Waals surface area contributed by atoms with E-state index in [9.17, 15) is 9.00 Å². The molecule has 0 aliphatic carbocycles. The van der Waals surface area contributed by atoms with Crippen molar-refractivity contribution >= 4 is 16.8 Å². The highest BCUT2D eigenvalue weighted by atomic mass is 32.2. The minimum atomic E-state index is -0.963. The molecule has 0 aromatic heterocycles. The minimum absolute atomic E-state index is 0.413. The number of carboxylic acids is 1. The molecule has 0 saturated carbocycles. The van der Waals surface area contributed by atoms with Crippen molar-refractivity contribution in [2.75, 3.05) is 12.3 Å². The molecule has 2 unspecified atom stereocenters. The summed E-state index contributed by atoms with van der Waals surface area (Å²) >= 11 is 0. The Labute approximate surface area is 156 Å². The summed E-state index contributed by atoms with van der Waals surface area (Å²) < 4.78 is 17.6. The maximum absolute atomic E-state index is 12.1. The van der Waals surface area contributed by atoms with Crippen molar-refractivity contribution in [3.63, 3.8) is 0 Å². The van der Waals surface area contributed by atoms with Crippen molar-refractivity contribution in [2.24, 2.45) is 0 Å². The highest BCUT2D eigenvalue weighted by molar-refractivity contribution is 7.85. The molecule has 5 nitrogen and oxygen atoms in total. The van der Waals surface area contributed by atoms with Crippen LogP contribution in [0.25, 0.3) is 0 Å². The minimum Gasteiger partial charge on any atom is -0.479 e. The van der Waals surface area contributed by atoms with Gasteiger partial charge in [-0.3, -0.25) is 4.21 Å². The van der Waals surface area contributed by atoms with Crippen LogP contribution in [0.2, 0.25) is 0 Å². The number of ether oxygens (including phenoxy) is 1. The maximum atomic E-state index is 12.1. The Morgan fingerprint density at radius 3 is 2.65 bits per heavy atom. The molecule has 2 aromatic rings. The molecule has 2 rings (SSSR count). The molecule has 26 heavy (non-hydrogen) atoms. The molecule has 2 atom stereocenters. The molecule has 0 fully saturated rings.